The molecular weight excluding hydrogens is 364 g/mol. The van der Waals surface area contributed by atoms with Crippen LogP contribution in [-0.2, 0) is 0 Å². The lowest BCUT2D eigenvalue weighted by molar-refractivity contribution is 0.102. The van der Waals surface area contributed by atoms with Crippen LogP contribution in [0.1, 0.15) is 10.4 Å². The van der Waals surface area contributed by atoms with E-state index in [1.807, 2.05) is 42.5 Å². The highest BCUT2D eigenvalue weighted by Gasteiger charge is 2.16. The summed E-state index contributed by atoms with van der Waals surface area (Å²) < 4.78 is 32.1. The van der Waals surface area contributed by atoms with Gasteiger partial charge in [0.2, 0.25) is 0 Å². The van der Waals surface area contributed by atoms with Gasteiger partial charge in [0.05, 0.1) is 18.2 Å². The number of amides is 1. The molecule has 0 fully saturated rings. The number of H-pyrrole nitrogens is 1. The molecule has 0 atom stereocenters. The molecule has 2 N–H and O–H groups in total. The molecule has 0 radical (unpaired) electrons. The van der Waals surface area contributed by atoms with Crippen molar-refractivity contribution in [2.24, 2.45) is 0 Å². The summed E-state index contributed by atoms with van der Waals surface area (Å²) in [6.45, 7) is 0. The molecule has 0 saturated heterocycles. The van der Waals surface area contributed by atoms with E-state index in [2.05, 4.69) is 15.5 Å². The molecule has 1 amide bonds. The van der Waals surface area contributed by atoms with E-state index in [1.165, 1.54) is 0 Å². The maximum Gasteiger partial charge on any atom is 0.259 e. The van der Waals surface area contributed by atoms with Crippen molar-refractivity contribution in [3.63, 3.8) is 0 Å². The molecule has 4 aromatic rings. The highest BCUT2D eigenvalue weighted by Crippen LogP contribution is 2.29. The van der Waals surface area contributed by atoms with Gasteiger partial charge in [0.15, 0.2) is 5.82 Å². The first-order chi connectivity index (χ1) is 13.5. The second-order valence-corrected chi connectivity index (χ2v) is 6.14. The minimum Gasteiger partial charge on any atom is -0.497 e. The quantitative estimate of drug-likeness (QED) is 0.537. The zero-order valence-corrected chi connectivity index (χ0v) is 14.8. The maximum atomic E-state index is 13.8. The molecule has 1 aromatic heterocycles. The van der Waals surface area contributed by atoms with Crippen molar-refractivity contribution in [2.75, 3.05) is 12.4 Å². The number of fused-ring (bicyclic) bond motifs is 1. The van der Waals surface area contributed by atoms with Crippen molar-refractivity contribution in [3.05, 3.63) is 77.9 Å². The molecule has 0 aliphatic rings. The number of ether oxygens (including phenoxy) is 1. The number of aromatic amines is 1. The van der Waals surface area contributed by atoms with Crippen LogP contribution in [0, 0.1) is 11.6 Å². The van der Waals surface area contributed by atoms with Crippen LogP contribution in [0.25, 0.3) is 22.0 Å². The fraction of sp³-hybridized carbons (Fsp3) is 0.0476. The van der Waals surface area contributed by atoms with Gasteiger partial charge in [-0.15, -0.1) is 0 Å². The van der Waals surface area contributed by atoms with Crippen molar-refractivity contribution < 1.29 is 18.3 Å². The number of benzene rings is 3. The van der Waals surface area contributed by atoms with Gasteiger partial charge >= 0.3 is 0 Å². The van der Waals surface area contributed by atoms with Crippen molar-refractivity contribution in [3.8, 4) is 16.9 Å². The maximum absolute atomic E-state index is 13.8. The number of halogens is 2. The zero-order chi connectivity index (χ0) is 19.7. The number of carbonyl (C=O) groups is 1. The number of hydrogen-bond donors (Lipinski definition) is 2. The number of rotatable bonds is 4. The summed E-state index contributed by atoms with van der Waals surface area (Å²) in [5.74, 6) is -1.37. The Morgan fingerprint density at radius 1 is 1.04 bits per heavy atom. The van der Waals surface area contributed by atoms with Gasteiger partial charge in [0.1, 0.15) is 17.4 Å². The van der Waals surface area contributed by atoms with Crippen molar-refractivity contribution >= 4 is 22.6 Å². The summed E-state index contributed by atoms with van der Waals surface area (Å²) >= 11 is 0. The SMILES string of the molecule is COc1cccc(-c2ccc3c(NC(=O)c4ccc(F)cc4F)n[nH]c3c2)c1. The minimum absolute atomic E-state index is 0.259. The Labute approximate surface area is 159 Å². The zero-order valence-electron chi connectivity index (χ0n) is 14.8. The standard InChI is InChI=1S/C21H15F2N3O2/c1-28-15-4-2-3-12(9-15)13-5-7-17-19(10-13)25-26-20(17)24-21(27)16-8-6-14(22)11-18(16)23/h2-11H,1H3,(H2,24,25,26,27). The van der Waals surface area contributed by atoms with E-state index in [9.17, 15) is 13.6 Å². The number of aromatic nitrogens is 2. The van der Waals surface area contributed by atoms with Gasteiger partial charge in [-0.2, -0.15) is 5.10 Å². The van der Waals surface area contributed by atoms with E-state index in [1.54, 1.807) is 7.11 Å². The number of nitrogens with one attached hydrogen (secondary N) is 2. The van der Waals surface area contributed by atoms with Gasteiger partial charge in [0, 0.05) is 11.5 Å². The molecule has 0 unspecified atom stereocenters. The van der Waals surface area contributed by atoms with Crippen molar-refractivity contribution in [2.45, 2.75) is 0 Å². The van der Waals surface area contributed by atoms with E-state index >= 15 is 0 Å². The van der Waals surface area contributed by atoms with Gasteiger partial charge in [-0.3, -0.25) is 9.89 Å². The predicted molar refractivity (Wildman–Crippen MR) is 102 cm³/mol. The lowest BCUT2D eigenvalue weighted by atomic mass is 10.0. The Kier molecular flexibility index (Phi) is 4.49. The van der Waals surface area contributed by atoms with Crippen LogP contribution in [0.5, 0.6) is 5.75 Å². The van der Waals surface area contributed by atoms with Gasteiger partial charge < -0.3 is 10.1 Å². The molecule has 0 aliphatic heterocycles. The Bertz CT molecular complexity index is 1190. The molecule has 4 rings (SSSR count). The Morgan fingerprint density at radius 3 is 2.64 bits per heavy atom. The predicted octanol–water partition coefficient (Wildman–Crippen LogP) is 4.77. The third-order valence-corrected chi connectivity index (χ3v) is 4.37. The van der Waals surface area contributed by atoms with Crippen LogP contribution < -0.4 is 10.1 Å². The highest BCUT2D eigenvalue weighted by molar-refractivity contribution is 6.08. The van der Waals surface area contributed by atoms with Gasteiger partial charge in [-0.05, 0) is 47.5 Å². The molecule has 0 aliphatic carbocycles. The summed E-state index contributed by atoms with van der Waals surface area (Å²) in [6.07, 6.45) is 0. The van der Waals surface area contributed by atoms with E-state index in [0.717, 1.165) is 29.0 Å². The summed E-state index contributed by atoms with van der Waals surface area (Å²) in [4.78, 5) is 12.3. The summed E-state index contributed by atoms with van der Waals surface area (Å²) in [5.41, 5.74) is 2.35. The van der Waals surface area contributed by atoms with E-state index in [4.69, 9.17) is 4.74 Å². The van der Waals surface area contributed by atoms with Crippen LogP contribution in [0.2, 0.25) is 0 Å². The van der Waals surface area contributed by atoms with Crippen LogP contribution >= 0.6 is 0 Å². The Hall–Kier alpha value is -3.74. The highest BCUT2D eigenvalue weighted by atomic mass is 19.1. The van der Waals surface area contributed by atoms with Crippen molar-refractivity contribution in [1.29, 1.82) is 0 Å². The number of carbonyl (C=O) groups excluding carboxylic acids is 1. The van der Waals surface area contributed by atoms with Gasteiger partial charge in [0.25, 0.3) is 5.91 Å². The first-order valence-electron chi connectivity index (χ1n) is 8.44. The Balaban J connectivity index is 1.63. The third kappa shape index (κ3) is 3.29. The molecule has 28 heavy (non-hydrogen) atoms. The summed E-state index contributed by atoms with van der Waals surface area (Å²) in [5, 5.41) is 10.2. The minimum atomic E-state index is -0.933. The van der Waals surface area contributed by atoms with E-state index < -0.39 is 17.5 Å². The molecular formula is C21H15F2N3O2. The number of anilines is 1. The molecule has 140 valence electrons. The van der Waals surface area contributed by atoms with Crippen LogP contribution in [0.3, 0.4) is 0 Å². The normalized spacial score (nSPS) is 10.8. The number of nitrogens with zero attached hydrogens (tertiary/aromatic N) is 1. The molecule has 7 heteroatoms. The van der Waals surface area contributed by atoms with Crippen LogP contribution in [0.15, 0.2) is 60.7 Å². The summed E-state index contributed by atoms with van der Waals surface area (Å²) in [6, 6.07) is 16.0. The molecule has 0 bridgehead atoms. The molecule has 3 aromatic carbocycles. The molecule has 1 heterocycles. The third-order valence-electron chi connectivity index (χ3n) is 4.37. The van der Waals surface area contributed by atoms with Gasteiger partial charge in [-0.1, -0.05) is 18.2 Å². The lowest BCUT2D eigenvalue weighted by Gasteiger charge is -2.06. The second-order valence-electron chi connectivity index (χ2n) is 6.14. The first kappa shape index (κ1) is 17.7. The molecule has 0 saturated carbocycles. The fourth-order valence-corrected chi connectivity index (χ4v) is 2.95. The van der Waals surface area contributed by atoms with E-state index in [0.29, 0.717) is 17.0 Å². The first-order valence-corrected chi connectivity index (χ1v) is 8.44. The molecule has 5 nitrogen and oxygen atoms in total. The smallest absolute Gasteiger partial charge is 0.259 e. The van der Waals surface area contributed by atoms with Gasteiger partial charge in [-0.25, -0.2) is 8.78 Å². The number of hydrogen-bond acceptors (Lipinski definition) is 3. The van der Waals surface area contributed by atoms with E-state index in [-0.39, 0.29) is 11.4 Å². The van der Waals surface area contributed by atoms with Crippen LogP contribution in [0.4, 0.5) is 14.6 Å². The average Bonchev–Trinajstić information content (AvgIpc) is 3.10. The van der Waals surface area contributed by atoms with Crippen molar-refractivity contribution in [1.82, 2.24) is 10.2 Å². The average molecular weight is 379 g/mol. The fourth-order valence-electron chi connectivity index (χ4n) is 2.95. The second kappa shape index (κ2) is 7.11. The summed E-state index contributed by atoms with van der Waals surface area (Å²) in [7, 11) is 1.61. The monoisotopic (exact) mass is 379 g/mol. The van der Waals surface area contributed by atoms with Crippen LogP contribution in [-0.4, -0.2) is 23.2 Å². The number of methoxy groups -OCH3 is 1. The topological polar surface area (TPSA) is 67.0 Å². The molecule has 0 spiro atoms. The lowest BCUT2D eigenvalue weighted by Crippen LogP contribution is -2.14. The Morgan fingerprint density at radius 2 is 1.86 bits per heavy atom. The largest absolute Gasteiger partial charge is 0.497 e.